The van der Waals surface area contributed by atoms with Gasteiger partial charge in [-0.2, -0.15) is 0 Å². The Morgan fingerprint density at radius 2 is 2.11 bits per heavy atom. The number of ether oxygens (including phenoxy) is 1. The molecule has 1 heterocycles. The zero-order chi connectivity index (χ0) is 13.3. The van der Waals surface area contributed by atoms with E-state index in [9.17, 15) is 9.18 Å². The quantitative estimate of drug-likeness (QED) is 0.782. The first-order valence-electron chi connectivity index (χ1n) is 5.35. The van der Waals surface area contributed by atoms with Crippen LogP contribution in [0.3, 0.4) is 0 Å². The van der Waals surface area contributed by atoms with Crippen LogP contribution in [-0.4, -0.2) is 18.1 Å². The Morgan fingerprint density at radius 1 is 1.39 bits per heavy atom. The number of hydrogen-bond acceptors (Lipinski definition) is 4. The number of benzene rings is 1. The van der Waals surface area contributed by atoms with Gasteiger partial charge in [0.1, 0.15) is 15.7 Å². The Kier molecular flexibility index (Phi) is 3.43. The van der Waals surface area contributed by atoms with E-state index in [-0.39, 0.29) is 5.82 Å². The number of carbonyl (C=O) groups excluding carboxylic acids is 1. The van der Waals surface area contributed by atoms with Crippen LogP contribution in [0.15, 0.2) is 18.2 Å². The summed E-state index contributed by atoms with van der Waals surface area (Å²) in [7, 11) is 1.34. The van der Waals surface area contributed by atoms with Crippen LogP contribution >= 0.6 is 11.3 Å². The van der Waals surface area contributed by atoms with Gasteiger partial charge in [0.05, 0.1) is 12.8 Å². The zero-order valence-corrected chi connectivity index (χ0v) is 11.1. The highest BCUT2D eigenvalue weighted by Gasteiger charge is 2.17. The number of carbonyl (C=O) groups is 1. The van der Waals surface area contributed by atoms with Gasteiger partial charge >= 0.3 is 5.97 Å². The summed E-state index contributed by atoms with van der Waals surface area (Å²) in [6.45, 7) is 3.57. The lowest BCUT2D eigenvalue weighted by atomic mass is 10.1. The Hall–Kier alpha value is -1.75. The molecule has 0 atom stereocenters. The molecule has 0 radical (unpaired) electrons. The minimum absolute atomic E-state index is 0.280. The standard InChI is InChI=1S/C13H12FNO2S/c1-7-6-9(14)4-5-10(7)12-15-8(2)11(18-12)13(16)17-3/h4-6H,1-3H3. The predicted octanol–water partition coefficient (Wildman–Crippen LogP) is 3.35. The summed E-state index contributed by atoms with van der Waals surface area (Å²) < 4.78 is 17.7. The van der Waals surface area contributed by atoms with Crippen LogP contribution in [0.4, 0.5) is 4.39 Å². The van der Waals surface area contributed by atoms with E-state index >= 15 is 0 Å². The second kappa shape index (κ2) is 4.86. The second-order valence-electron chi connectivity index (χ2n) is 3.88. The van der Waals surface area contributed by atoms with Crippen LogP contribution in [0, 0.1) is 19.7 Å². The average Bonchev–Trinajstić information content (AvgIpc) is 2.70. The van der Waals surface area contributed by atoms with Crippen molar-refractivity contribution in [2.75, 3.05) is 7.11 Å². The van der Waals surface area contributed by atoms with Gasteiger partial charge in [0.2, 0.25) is 0 Å². The maximum absolute atomic E-state index is 13.0. The molecule has 1 aromatic heterocycles. The van der Waals surface area contributed by atoms with Crippen LogP contribution in [0.1, 0.15) is 20.9 Å². The molecule has 94 valence electrons. The molecule has 0 N–H and O–H groups in total. The van der Waals surface area contributed by atoms with Crippen molar-refractivity contribution < 1.29 is 13.9 Å². The number of rotatable bonds is 2. The van der Waals surface area contributed by atoms with Crippen molar-refractivity contribution in [3.05, 3.63) is 40.2 Å². The van der Waals surface area contributed by atoms with Crippen molar-refractivity contribution in [3.63, 3.8) is 0 Å². The largest absolute Gasteiger partial charge is 0.465 e. The number of esters is 1. The molecule has 1 aromatic carbocycles. The summed E-state index contributed by atoms with van der Waals surface area (Å²) in [6.07, 6.45) is 0. The van der Waals surface area contributed by atoms with Gasteiger partial charge in [-0.15, -0.1) is 11.3 Å². The Bertz CT molecular complexity index is 607. The van der Waals surface area contributed by atoms with Crippen molar-refractivity contribution in [1.82, 2.24) is 4.98 Å². The molecule has 2 aromatic rings. The molecule has 18 heavy (non-hydrogen) atoms. The summed E-state index contributed by atoms with van der Waals surface area (Å²) in [5, 5.41) is 0.699. The molecule has 3 nitrogen and oxygen atoms in total. The van der Waals surface area contributed by atoms with E-state index < -0.39 is 5.97 Å². The molecule has 0 aliphatic carbocycles. The predicted molar refractivity (Wildman–Crippen MR) is 68.3 cm³/mol. The molecular formula is C13H12FNO2S. The number of aromatic nitrogens is 1. The highest BCUT2D eigenvalue weighted by atomic mass is 32.1. The Labute approximate surface area is 108 Å². The van der Waals surface area contributed by atoms with Gasteiger partial charge in [0, 0.05) is 5.56 Å². The fraction of sp³-hybridized carbons (Fsp3) is 0.231. The fourth-order valence-corrected chi connectivity index (χ4v) is 2.74. The first kappa shape index (κ1) is 12.7. The third-order valence-corrected chi connectivity index (χ3v) is 3.76. The van der Waals surface area contributed by atoms with Crippen molar-refractivity contribution in [2.45, 2.75) is 13.8 Å². The first-order chi connectivity index (χ1) is 8.52. The fourth-order valence-electron chi connectivity index (χ4n) is 1.66. The van der Waals surface area contributed by atoms with Gasteiger partial charge in [0.15, 0.2) is 0 Å². The molecule has 5 heteroatoms. The number of nitrogens with zero attached hydrogens (tertiary/aromatic N) is 1. The normalized spacial score (nSPS) is 10.4. The van der Waals surface area contributed by atoms with Gasteiger partial charge in [-0.3, -0.25) is 0 Å². The SMILES string of the molecule is COC(=O)c1sc(-c2ccc(F)cc2C)nc1C. The molecule has 0 fully saturated rings. The van der Waals surface area contributed by atoms with Gasteiger partial charge in [-0.05, 0) is 37.6 Å². The monoisotopic (exact) mass is 265 g/mol. The average molecular weight is 265 g/mol. The van der Waals surface area contributed by atoms with E-state index in [1.807, 2.05) is 6.92 Å². The minimum Gasteiger partial charge on any atom is -0.465 e. The molecule has 2 rings (SSSR count). The highest BCUT2D eigenvalue weighted by Crippen LogP contribution is 2.30. The summed E-state index contributed by atoms with van der Waals surface area (Å²) in [4.78, 5) is 16.3. The second-order valence-corrected chi connectivity index (χ2v) is 4.88. The van der Waals surface area contributed by atoms with Crippen molar-refractivity contribution >= 4 is 17.3 Å². The molecular weight excluding hydrogens is 253 g/mol. The van der Waals surface area contributed by atoms with Crippen LogP contribution < -0.4 is 0 Å². The summed E-state index contributed by atoms with van der Waals surface area (Å²) in [5.41, 5.74) is 2.25. The summed E-state index contributed by atoms with van der Waals surface area (Å²) >= 11 is 1.26. The smallest absolute Gasteiger partial charge is 0.349 e. The van der Waals surface area contributed by atoms with Gasteiger partial charge in [0.25, 0.3) is 0 Å². The lowest BCUT2D eigenvalue weighted by Crippen LogP contribution is -1.99. The van der Waals surface area contributed by atoms with Crippen LogP contribution in [0.2, 0.25) is 0 Å². The molecule has 0 aliphatic rings. The Balaban J connectivity index is 2.49. The highest BCUT2D eigenvalue weighted by molar-refractivity contribution is 7.17. The third kappa shape index (κ3) is 2.26. The topological polar surface area (TPSA) is 39.2 Å². The minimum atomic E-state index is -0.393. The maximum atomic E-state index is 13.0. The van der Waals surface area contributed by atoms with Gasteiger partial charge in [-0.25, -0.2) is 14.2 Å². The Morgan fingerprint density at radius 3 is 2.72 bits per heavy atom. The molecule has 0 saturated carbocycles. The maximum Gasteiger partial charge on any atom is 0.349 e. The van der Waals surface area contributed by atoms with Gasteiger partial charge < -0.3 is 4.74 Å². The lowest BCUT2D eigenvalue weighted by Gasteiger charge is -2.01. The lowest BCUT2D eigenvalue weighted by molar-refractivity contribution is 0.0605. The number of aryl methyl sites for hydroxylation is 2. The van der Waals surface area contributed by atoms with E-state index in [0.29, 0.717) is 15.6 Å². The molecule has 0 spiro atoms. The molecule has 0 bridgehead atoms. The third-order valence-electron chi connectivity index (χ3n) is 2.59. The van der Waals surface area contributed by atoms with Gasteiger partial charge in [-0.1, -0.05) is 0 Å². The van der Waals surface area contributed by atoms with E-state index in [2.05, 4.69) is 9.72 Å². The molecule has 0 amide bonds. The molecule has 0 unspecified atom stereocenters. The van der Waals surface area contributed by atoms with E-state index in [0.717, 1.165) is 11.1 Å². The first-order valence-corrected chi connectivity index (χ1v) is 6.17. The van der Waals surface area contributed by atoms with Crippen molar-refractivity contribution in [3.8, 4) is 10.6 Å². The van der Waals surface area contributed by atoms with Crippen LogP contribution in [0.5, 0.6) is 0 Å². The van der Waals surface area contributed by atoms with Crippen molar-refractivity contribution in [2.24, 2.45) is 0 Å². The molecule has 0 saturated heterocycles. The van der Waals surface area contributed by atoms with E-state index in [4.69, 9.17) is 0 Å². The van der Waals surface area contributed by atoms with Crippen LogP contribution in [0.25, 0.3) is 10.6 Å². The van der Waals surface area contributed by atoms with E-state index in [1.54, 1.807) is 13.0 Å². The number of halogens is 1. The van der Waals surface area contributed by atoms with Crippen molar-refractivity contribution in [1.29, 1.82) is 0 Å². The number of hydrogen-bond donors (Lipinski definition) is 0. The number of methoxy groups -OCH3 is 1. The summed E-state index contributed by atoms with van der Waals surface area (Å²) in [5.74, 6) is -0.672. The zero-order valence-electron chi connectivity index (χ0n) is 10.3. The molecule has 0 aliphatic heterocycles. The van der Waals surface area contributed by atoms with Crippen LogP contribution in [-0.2, 0) is 4.74 Å². The number of thiazole rings is 1. The summed E-state index contributed by atoms with van der Waals surface area (Å²) in [6, 6.07) is 4.50. The van der Waals surface area contributed by atoms with E-state index in [1.165, 1.54) is 30.6 Å².